The van der Waals surface area contributed by atoms with Crippen molar-refractivity contribution < 1.29 is 8.42 Å². The maximum atomic E-state index is 11.4. The lowest BCUT2D eigenvalue weighted by Gasteiger charge is -2.06. The zero-order valence-electron chi connectivity index (χ0n) is 8.11. The maximum absolute atomic E-state index is 11.4. The first-order valence-electron chi connectivity index (χ1n) is 4.19. The summed E-state index contributed by atoms with van der Waals surface area (Å²) in [5.41, 5.74) is 3.70. The van der Waals surface area contributed by atoms with Gasteiger partial charge in [0.1, 0.15) is 0 Å². The molecule has 2 aromatic rings. The molecule has 0 spiro atoms. The molecular formula is C9H8ClNO2S2. The van der Waals surface area contributed by atoms with Gasteiger partial charge in [-0.1, -0.05) is 0 Å². The van der Waals surface area contributed by atoms with Crippen LogP contribution in [-0.2, 0) is 9.05 Å². The second-order valence-corrected chi connectivity index (χ2v) is 6.67. The third-order valence-corrected chi connectivity index (χ3v) is 4.59. The molecule has 0 saturated heterocycles. The van der Waals surface area contributed by atoms with Gasteiger partial charge in [-0.15, -0.1) is 11.3 Å². The maximum Gasteiger partial charge on any atom is 0.261 e. The van der Waals surface area contributed by atoms with Crippen LogP contribution in [0.2, 0.25) is 0 Å². The fourth-order valence-corrected chi connectivity index (χ4v) is 4.13. The van der Waals surface area contributed by atoms with E-state index in [4.69, 9.17) is 10.7 Å². The number of hydrogen-bond acceptors (Lipinski definition) is 4. The molecule has 1 heterocycles. The van der Waals surface area contributed by atoms with Gasteiger partial charge in [-0.2, -0.15) is 0 Å². The van der Waals surface area contributed by atoms with Gasteiger partial charge >= 0.3 is 0 Å². The summed E-state index contributed by atoms with van der Waals surface area (Å²) >= 11 is 1.49. The second kappa shape index (κ2) is 3.43. The predicted molar refractivity (Wildman–Crippen MR) is 62.1 cm³/mol. The van der Waals surface area contributed by atoms with Gasteiger partial charge < -0.3 is 0 Å². The Morgan fingerprint density at radius 2 is 2.07 bits per heavy atom. The molecule has 0 N–H and O–H groups in total. The summed E-state index contributed by atoms with van der Waals surface area (Å²) in [5.74, 6) is 0. The normalized spacial score (nSPS) is 12.2. The van der Waals surface area contributed by atoms with E-state index < -0.39 is 9.05 Å². The van der Waals surface area contributed by atoms with Gasteiger partial charge in [-0.05, 0) is 31.0 Å². The molecule has 0 saturated carbocycles. The highest BCUT2D eigenvalue weighted by Crippen LogP contribution is 2.31. The topological polar surface area (TPSA) is 47.0 Å². The Morgan fingerprint density at radius 1 is 1.40 bits per heavy atom. The number of halogens is 1. The molecular weight excluding hydrogens is 254 g/mol. The lowest BCUT2D eigenvalue weighted by Crippen LogP contribution is -1.98. The molecule has 0 aliphatic heterocycles. The molecule has 0 bridgehead atoms. The minimum Gasteiger partial charge on any atom is -0.244 e. The zero-order chi connectivity index (χ0) is 11.2. The average Bonchev–Trinajstić information content (AvgIpc) is 2.48. The van der Waals surface area contributed by atoms with Gasteiger partial charge in [-0.25, -0.2) is 13.4 Å². The lowest BCUT2D eigenvalue weighted by molar-refractivity contribution is 0.608. The molecule has 2 rings (SSSR count). The van der Waals surface area contributed by atoms with Gasteiger partial charge in [0.25, 0.3) is 9.05 Å². The van der Waals surface area contributed by atoms with Crippen molar-refractivity contribution in [2.75, 3.05) is 0 Å². The largest absolute Gasteiger partial charge is 0.261 e. The SMILES string of the molecule is Cc1cc2scnc2c(C)c1S(=O)(=O)Cl. The van der Waals surface area contributed by atoms with Crippen molar-refractivity contribution in [3.05, 3.63) is 22.7 Å². The molecule has 15 heavy (non-hydrogen) atoms. The van der Waals surface area contributed by atoms with Gasteiger partial charge in [0.2, 0.25) is 0 Å². The number of fused-ring (bicyclic) bond motifs is 1. The van der Waals surface area contributed by atoms with Crippen molar-refractivity contribution in [2.45, 2.75) is 18.7 Å². The fourth-order valence-electron chi connectivity index (χ4n) is 1.68. The van der Waals surface area contributed by atoms with Crippen molar-refractivity contribution in [1.82, 2.24) is 4.98 Å². The Hall–Kier alpha value is -0.650. The molecule has 0 aliphatic rings. The van der Waals surface area contributed by atoms with Crippen LogP contribution in [0.1, 0.15) is 11.1 Å². The number of benzene rings is 1. The summed E-state index contributed by atoms with van der Waals surface area (Å²) in [6.45, 7) is 3.46. The summed E-state index contributed by atoms with van der Waals surface area (Å²) in [7, 11) is 1.69. The first-order valence-corrected chi connectivity index (χ1v) is 7.38. The number of thiazole rings is 1. The monoisotopic (exact) mass is 261 g/mol. The Morgan fingerprint density at radius 3 is 2.67 bits per heavy atom. The highest BCUT2D eigenvalue weighted by molar-refractivity contribution is 8.13. The number of rotatable bonds is 1. The molecule has 80 valence electrons. The van der Waals surface area contributed by atoms with Crippen LogP contribution >= 0.6 is 22.0 Å². The first kappa shape index (κ1) is 10.9. The van der Waals surface area contributed by atoms with Crippen LogP contribution < -0.4 is 0 Å². The van der Waals surface area contributed by atoms with E-state index in [1.807, 2.05) is 0 Å². The molecule has 0 unspecified atom stereocenters. The standard InChI is InChI=1S/C9H8ClNO2S2/c1-5-3-7-8(11-4-14-7)6(2)9(5)15(10,12)13/h3-4H,1-2H3. The molecule has 1 aromatic heterocycles. The molecule has 0 amide bonds. The highest BCUT2D eigenvalue weighted by Gasteiger charge is 2.19. The summed E-state index contributed by atoms with van der Waals surface area (Å²) in [5, 5.41) is 0. The third kappa shape index (κ3) is 1.75. The van der Waals surface area contributed by atoms with E-state index in [0.717, 1.165) is 4.70 Å². The molecule has 6 heteroatoms. The van der Waals surface area contributed by atoms with Crippen molar-refractivity contribution in [3.8, 4) is 0 Å². The zero-order valence-corrected chi connectivity index (χ0v) is 10.5. The van der Waals surface area contributed by atoms with Crippen LogP contribution in [0.25, 0.3) is 10.2 Å². The fraction of sp³-hybridized carbons (Fsp3) is 0.222. The Labute approximate surface area is 96.1 Å². The number of aromatic nitrogens is 1. The molecule has 0 fully saturated rings. The van der Waals surface area contributed by atoms with Crippen molar-refractivity contribution >= 4 is 41.3 Å². The van der Waals surface area contributed by atoms with Crippen LogP contribution in [0, 0.1) is 13.8 Å². The Kier molecular flexibility index (Phi) is 2.48. The summed E-state index contributed by atoms with van der Waals surface area (Å²) in [6.07, 6.45) is 0. The van der Waals surface area contributed by atoms with E-state index in [2.05, 4.69) is 4.98 Å². The van der Waals surface area contributed by atoms with E-state index in [9.17, 15) is 8.42 Å². The van der Waals surface area contributed by atoms with E-state index in [1.54, 1.807) is 25.4 Å². The van der Waals surface area contributed by atoms with Crippen molar-refractivity contribution in [2.24, 2.45) is 0 Å². The quantitative estimate of drug-likeness (QED) is 0.742. The van der Waals surface area contributed by atoms with Crippen molar-refractivity contribution in [1.29, 1.82) is 0 Å². The molecule has 3 nitrogen and oxygen atoms in total. The van der Waals surface area contributed by atoms with E-state index >= 15 is 0 Å². The average molecular weight is 262 g/mol. The molecule has 0 atom stereocenters. The number of hydrogen-bond donors (Lipinski definition) is 0. The van der Waals surface area contributed by atoms with Crippen LogP contribution in [0.5, 0.6) is 0 Å². The number of aryl methyl sites for hydroxylation is 2. The Bertz CT molecular complexity index is 631. The van der Waals surface area contributed by atoms with Crippen molar-refractivity contribution in [3.63, 3.8) is 0 Å². The molecule has 0 aliphatic carbocycles. The smallest absolute Gasteiger partial charge is 0.244 e. The van der Waals surface area contributed by atoms with E-state index in [-0.39, 0.29) is 4.90 Å². The van der Waals surface area contributed by atoms with Gasteiger partial charge in [0, 0.05) is 10.7 Å². The minimum atomic E-state index is -3.70. The minimum absolute atomic E-state index is 0.183. The highest BCUT2D eigenvalue weighted by atomic mass is 35.7. The van der Waals surface area contributed by atoms with Crippen LogP contribution in [0.15, 0.2) is 16.5 Å². The lowest BCUT2D eigenvalue weighted by atomic mass is 10.1. The second-order valence-electron chi connectivity index (χ2n) is 3.28. The van der Waals surface area contributed by atoms with E-state index in [1.165, 1.54) is 11.3 Å². The van der Waals surface area contributed by atoms with Crippen LogP contribution in [0.4, 0.5) is 0 Å². The summed E-state index contributed by atoms with van der Waals surface area (Å²) < 4.78 is 23.7. The van der Waals surface area contributed by atoms with Gasteiger partial charge in [0.15, 0.2) is 0 Å². The summed E-state index contributed by atoms with van der Waals surface area (Å²) in [6, 6.07) is 1.80. The van der Waals surface area contributed by atoms with Gasteiger partial charge in [0.05, 0.1) is 20.6 Å². The van der Waals surface area contributed by atoms with Crippen LogP contribution in [-0.4, -0.2) is 13.4 Å². The Balaban J connectivity index is 2.97. The summed E-state index contributed by atoms with van der Waals surface area (Å²) in [4.78, 5) is 4.31. The van der Waals surface area contributed by atoms with Crippen LogP contribution in [0.3, 0.4) is 0 Å². The predicted octanol–water partition coefficient (Wildman–Crippen LogP) is 2.84. The molecule has 1 aromatic carbocycles. The number of nitrogens with zero attached hydrogens (tertiary/aromatic N) is 1. The van der Waals surface area contributed by atoms with Gasteiger partial charge in [-0.3, -0.25) is 0 Å². The first-order chi connectivity index (χ1) is 6.91. The molecule has 0 radical (unpaired) electrons. The van der Waals surface area contributed by atoms with E-state index in [0.29, 0.717) is 16.6 Å². The third-order valence-electron chi connectivity index (χ3n) is 2.24.